The zero-order chi connectivity index (χ0) is 13.4. The summed E-state index contributed by atoms with van der Waals surface area (Å²) < 4.78 is 5.09. The van der Waals surface area contributed by atoms with Gasteiger partial charge in [0.25, 0.3) is 0 Å². The summed E-state index contributed by atoms with van der Waals surface area (Å²) >= 11 is 0. The molecule has 0 spiro atoms. The number of ether oxygens (including phenoxy) is 1. The maximum atomic E-state index is 11.8. The van der Waals surface area contributed by atoms with Gasteiger partial charge in [0.05, 0.1) is 12.0 Å². The molecule has 0 N–H and O–H groups in total. The van der Waals surface area contributed by atoms with Crippen LogP contribution in [0.5, 0.6) is 0 Å². The molecular formula is C16H22O2. The summed E-state index contributed by atoms with van der Waals surface area (Å²) in [5.41, 5.74) is 0.734. The molecule has 2 heteroatoms. The fourth-order valence-electron chi connectivity index (χ4n) is 1.89. The third kappa shape index (κ3) is 4.02. The Balaban J connectivity index is 2.49. The maximum Gasteiger partial charge on any atom is 0.315 e. The average Bonchev–Trinajstić information content (AvgIpc) is 2.40. The zero-order valence-corrected chi connectivity index (χ0v) is 11.3. The first kappa shape index (κ1) is 14.5. The standard InChI is InChI=1S/C16H22O2/c1-4-16(3,15(17)18-5-2)13-9-12-14-10-7-6-8-11-14/h4,6-8,10-11H,1,5,9,12-13H2,2-3H3. The fourth-order valence-corrected chi connectivity index (χ4v) is 1.89. The molecule has 1 rings (SSSR count). The largest absolute Gasteiger partial charge is 0.465 e. The Bertz CT molecular complexity index is 383. The molecule has 1 unspecified atom stereocenters. The summed E-state index contributed by atoms with van der Waals surface area (Å²) in [5, 5.41) is 0. The van der Waals surface area contributed by atoms with Crippen LogP contribution >= 0.6 is 0 Å². The van der Waals surface area contributed by atoms with Gasteiger partial charge in [-0.3, -0.25) is 4.79 Å². The highest BCUT2D eigenvalue weighted by Gasteiger charge is 2.30. The predicted octanol–water partition coefficient (Wildman–Crippen LogP) is 3.76. The van der Waals surface area contributed by atoms with E-state index in [1.807, 2.05) is 32.0 Å². The summed E-state index contributed by atoms with van der Waals surface area (Å²) in [6, 6.07) is 10.3. The summed E-state index contributed by atoms with van der Waals surface area (Å²) in [6.07, 6.45) is 4.40. The Kier molecular flexibility index (Phi) is 5.63. The highest BCUT2D eigenvalue weighted by Crippen LogP contribution is 2.27. The number of rotatable bonds is 7. The van der Waals surface area contributed by atoms with Gasteiger partial charge in [-0.25, -0.2) is 0 Å². The van der Waals surface area contributed by atoms with E-state index >= 15 is 0 Å². The Labute approximate surface area is 110 Å². The van der Waals surface area contributed by atoms with E-state index in [9.17, 15) is 4.79 Å². The minimum atomic E-state index is -0.565. The first-order valence-corrected chi connectivity index (χ1v) is 6.47. The third-order valence-corrected chi connectivity index (χ3v) is 3.20. The second-order valence-corrected chi connectivity index (χ2v) is 4.68. The van der Waals surface area contributed by atoms with Gasteiger partial charge >= 0.3 is 5.97 Å². The number of carbonyl (C=O) groups excluding carboxylic acids is 1. The topological polar surface area (TPSA) is 26.3 Å². The molecule has 1 atom stereocenters. The van der Waals surface area contributed by atoms with Crippen LogP contribution < -0.4 is 0 Å². The van der Waals surface area contributed by atoms with Gasteiger partial charge in [-0.05, 0) is 38.7 Å². The third-order valence-electron chi connectivity index (χ3n) is 3.20. The molecular weight excluding hydrogens is 224 g/mol. The summed E-state index contributed by atoms with van der Waals surface area (Å²) in [7, 11) is 0. The van der Waals surface area contributed by atoms with Gasteiger partial charge in [-0.15, -0.1) is 6.58 Å². The predicted molar refractivity (Wildman–Crippen MR) is 74.3 cm³/mol. The highest BCUT2D eigenvalue weighted by atomic mass is 16.5. The van der Waals surface area contributed by atoms with Crippen LogP contribution in [0.1, 0.15) is 32.3 Å². The van der Waals surface area contributed by atoms with Gasteiger partial charge in [-0.1, -0.05) is 36.4 Å². The second-order valence-electron chi connectivity index (χ2n) is 4.68. The van der Waals surface area contributed by atoms with Crippen LogP contribution in [-0.2, 0) is 16.0 Å². The van der Waals surface area contributed by atoms with Crippen LogP contribution in [0.4, 0.5) is 0 Å². The number of hydrogen-bond acceptors (Lipinski definition) is 2. The quantitative estimate of drug-likeness (QED) is 0.541. The lowest BCUT2D eigenvalue weighted by molar-refractivity contribution is -0.151. The number of carbonyl (C=O) groups is 1. The van der Waals surface area contributed by atoms with Crippen LogP contribution in [0.25, 0.3) is 0 Å². The van der Waals surface area contributed by atoms with Crippen molar-refractivity contribution in [1.82, 2.24) is 0 Å². The van der Waals surface area contributed by atoms with Crippen LogP contribution in [0, 0.1) is 5.41 Å². The molecule has 18 heavy (non-hydrogen) atoms. The van der Waals surface area contributed by atoms with E-state index in [-0.39, 0.29) is 5.97 Å². The van der Waals surface area contributed by atoms with E-state index in [2.05, 4.69) is 18.7 Å². The minimum Gasteiger partial charge on any atom is -0.465 e. The van der Waals surface area contributed by atoms with Crippen molar-refractivity contribution < 1.29 is 9.53 Å². The maximum absolute atomic E-state index is 11.8. The monoisotopic (exact) mass is 246 g/mol. The van der Waals surface area contributed by atoms with E-state index in [4.69, 9.17) is 4.74 Å². The molecule has 0 heterocycles. The van der Waals surface area contributed by atoms with E-state index in [0.717, 1.165) is 19.3 Å². The molecule has 1 aromatic rings. The van der Waals surface area contributed by atoms with E-state index in [0.29, 0.717) is 6.61 Å². The molecule has 98 valence electrons. The summed E-state index contributed by atoms with van der Waals surface area (Å²) in [5.74, 6) is -0.173. The van der Waals surface area contributed by atoms with Gasteiger partial charge in [0, 0.05) is 0 Å². The average molecular weight is 246 g/mol. The van der Waals surface area contributed by atoms with Gasteiger partial charge in [0.2, 0.25) is 0 Å². The van der Waals surface area contributed by atoms with E-state index in [1.165, 1.54) is 5.56 Å². The SMILES string of the molecule is C=CC(C)(CCCc1ccccc1)C(=O)OCC. The fraction of sp³-hybridized carbons (Fsp3) is 0.438. The molecule has 0 radical (unpaired) electrons. The van der Waals surface area contributed by atoms with Crippen molar-refractivity contribution in [2.24, 2.45) is 5.41 Å². The first-order valence-electron chi connectivity index (χ1n) is 6.47. The molecule has 0 aliphatic carbocycles. The van der Waals surface area contributed by atoms with Gasteiger partial charge < -0.3 is 4.74 Å². The van der Waals surface area contributed by atoms with Crippen LogP contribution in [0.3, 0.4) is 0 Å². The van der Waals surface area contributed by atoms with Gasteiger partial charge in [-0.2, -0.15) is 0 Å². The summed E-state index contributed by atoms with van der Waals surface area (Å²) in [4.78, 5) is 11.8. The molecule has 1 aromatic carbocycles. The zero-order valence-electron chi connectivity index (χ0n) is 11.3. The van der Waals surface area contributed by atoms with Gasteiger partial charge in [0.1, 0.15) is 0 Å². The van der Waals surface area contributed by atoms with Crippen molar-refractivity contribution in [3.8, 4) is 0 Å². The van der Waals surface area contributed by atoms with E-state index < -0.39 is 5.41 Å². The number of esters is 1. The molecule has 0 aromatic heterocycles. The molecule has 0 bridgehead atoms. The van der Waals surface area contributed by atoms with Crippen molar-refractivity contribution in [3.05, 3.63) is 48.6 Å². The van der Waals surface area contributed by atoms with E-state index in [1.54, 1.807) is 6.08 Å². The lowest BCUT2D eigenvalue weighted by Crippen LogP contribution is -2.27. The molecule has 0 aliphatic heterocycles. The van der Waals surface area contributed by atoms with Gasteiger partial charge in [0.15, 0.2) is 0 Å². The number of benzene rings is 1. The molecule has 0 saturated heterocycles. The Morgan fingerprint density at radius 1 is 1.39 bits per heavy atom. The van der Waals surface area contributed by atoms with Crippen LogP contribution in [-0.4, -0.2) is 12.6 Å². The number of hydrogen-bond donors (Lipinski definition) is 0. The molecule has 0 saturated carbocycles. The van der Waals surface area contributed by atoms with Crippen molar-refractivity contribution in [1.29, 1.82) is 0 Å². The van der Waals surface area contributed by atoms with Crippen molar-refractivity contribution in [3.63, 3.8) is 0 Å². The van der Waals surface area contributed by atoms with Crippen molar-refractivity contribution >= 4 is 5.97 Å². The second kappa shape index (κ2) is 7.00. The molecule has 0 aliphatic rings. The Morgan fingerprint density at radius 2 is 2.06 bits per heavy atom. The highest BCUT2D eigenvalue weighted by molar-refractivity contribution is 5.78. The summed E-state index contributed by atoms with van der Waals surface area (Å²) in [6.45, 7) is 7.90. The minimum absolute atomic E-state index is 0.173. The molecule has 2 nitrogen and oxygen atoms in total. The first-order chi connectivity index (χ1) is 8.62. The lowest BCUT2D eigenvalue weighted by atomic mass is 9.84. The normalized spacial score (nSPS) is 13.7. The molecule has 0 amide bonds. The smallest absolute Gasteiger partial charge is 0.315 e. The lowest BCUT2D eigenvalue weighted by Gasteiger charge is -2.23. The molecule has 0 fully saturated rings. The van der Waals surface area contributed by atoms with Crippen molar-refractivity contribution in [2.45, 2.75) is 33.1 Å². The van der Waals surface area contributed by atoms with Crippen LogP contribution in [0.15, 0.2) is 43.0 Å². The van der Waals surface area contributed by atoms with Crippen LogP contribution in [0.2, 0.25) is 0 Å². The Hall–Kier alpha value is -1.57. The Morgan fingerprint density at radius 3 is 2.61 bits per heavy atom. The number of aryl methyl sites for hydroxylation is 1. The van der Waals surface area contributed by atoms with Crippen molar-refractivity contribution in [2.75, 3.05) is 6.61 Å².